The first-order chi connectivity index (χ1) is 13.0. The van der Waals surface area contributed by atoms with Gasteiger partial charge in [-0.1, -0.05) is 42.5 Å². The number of amides is 1. The number of non-ortho nitro benzene ring substituents is 1. The van der Waals surface area contributed by atoms with Gasteiger partial charge in [0.2, 0.25) is 0 Å². The number of benzene rings is 2. The van der Waals surface area contributed by atoms with Crippen LogP contribution in [0.2, 0.25) is 0 Å². The second-order valence-electron chi connectivity index (χ2n) is 5.40. The van der Waals surface area contributed by atoms with Crippen LogP contribution in [0.3, 0.4) is 0 Å². The molecule has 1 amide bonds. The van der Waals surface area contributed by atoms with E-state index in [0.717, 1.165) is 0 Å². The van der Waals surface area contributed by atoms with Gasteiger partial charge < -0.3 is 4.98 Å². The van der Waals surface area contributed by atoms with Gasteiger partial charge in [-0.15, -0.1) is 0 Å². The zero-order valence-electron chi connectivity index (χ0n) is 13.8. The van der Waals surface area contributed by atoms with Crippen LogP contribution in [-0.2, 0) is 0 Å². The van der Waals surface area contributed by atoms with Crippen molar-refractivity contribution >= 4 is 17.8 Å². The van der Waals surface area contributed by atoms with Gasteiger partial charge in [-0.25, -0.2) is 10.2 Å². The van der Waals surface area contributed by atoms with Crippen LogP contribution < -0.4 is 11.1 Å². The minimum absolute atomic E-state index is 0.00922. The second kappa shape index (κ2) is 7.83. The lowest BCUT2D eigenvalue weighted by molar-refractivity contribution is -0.384. The van der Waals surface area contributed by atoms with E-state index in [-0.39, 0.29) is 11.4 Å². The molecular weight excluding hydrogens is 350 g/mol. The maximum absolute atomic E-state index is 12.2. The van der Waals surface area contributed by atoms with Crippen molar-refractivity contribution in [2.45, 2.75) is 0 Å². The van der Waals surface area contributed by atoms with Gasteiger partial charge in [0.25, 0.3) is 11.6 Å². The van der Waals surface area contributed by atoms with Gasteiger partial charge in [0.05, 0.1) is 16.8 Å². The van der Waals surface area contributed by atoms with Crippen molar-refractivity contribution < 1.29 is 9.72 Å². The van der Waals surface area contributed by atoms with Crippen LogP contribution in [0.25, 0.3) is 11.3 Å². The third-order valence-electron chi connectivity index (χ3n) is 3.52. The largest absolute Gasteiger partial charge is 0.346 e. The number of nitrogens with one attached hydrogen (secondary N) is 2. The topological polar surface area (TPSA) is 130 Å². The van der Waals surface area contributed by atoms with Crippen molar-refractivity contribution in [3.05, 3.63) is 92.5 Å². The molecule has 0 atom stereocenters. The molecule has 0 spiro atoms. The van der Waals surface area contributed by atoms with E-state index < -0.39 is 16.5 Å². The van der Waals surface area contributed by atoms with Crippen molar-refractivity contribution in [1.29, 1.82) is 0 Å². The Balaban J connectivity index is 1.77. The zero-order valence-corrected chi connectivity index (χ0v) is 13.8. The highest BCUT2D eigenvalue weighted by molar-refractivity contribution is 5.94. The minimum Gasteiger partial charge on any atom is -0.301 e. The molecule has 1 aromatic heterocycles. The summed E-state index contributed by atoms with van der Waals surface area (Å²) in [5.41, 5.74) is 2.99. The summed E-state index contributed by atoms with van der Waals surface area (Å²) < 4.78 is 0. The summed E-state index contributed by atoms with van der Waals surface area (Å²) in [4.78, 5) is 40.4. The Morgan fingerprint density at radius 2 is 1.93 bits per heavy atom. The summed E-state index contributed by atoms with van der Waals surface area (Å²) in [5, 5.41) is 14.5. The van der Waals surface area contributed by atoms with Crippen LogP contribution >= 0.6 is 0 Å². The van der Waals surface area contributed by atoms with Crippen molar-refractivity contribution in [3.63, 3.8) is 0 Å². The predicted octanol–water partition coefficient (Wildman–Crippen LogP) is 2.11. The lowest BCUT2D eigenvalue weighted by Crippen LogP contribution is -2.24. The molecule has 9 nitrogen and oxygen atoms in total. The Morgan fingerprint density at radius 3 is 2.67 bits per heavy atom. The summed E-state index contributed by atoms with van der Waals surface area (Å²) >= 11 is 0. The van der Waals surface area contributed by atoms with Crippen LogP contribution in [0.15, 0.2) is 70.6 Å². The number of nitro groups is 1. The molecule has 27 heavy (non-hydrogen) atoms. The lowest BCUT2D eigenvalue weighted by atomic mass is 10.1. The van der Waals surface area contributed by atoms with E-state index in [1.54, 1.807) is 30.3 Å². The van der Waals surface area contributed by atoms with Gasteiger partial charge in [-0.05, 0) is 6.07 Å². The molecule has 2 aromatic carbocycles. The standard InChI is InChI=1S/C18H13N5O4/c24-17(22-19-11-12-5-4-8-14(9-12)23(26)27)16-10-15(20-18(25)21-16)13-6-2-1-3-7-13/h1-11H,(H,22,24)(H,20,21,25)/b19-11+. The number of hydrogen-bond donors (Lipinski definition) is 2. The van der Waals surface area contributed by atoms with Crippen LogP contribution in [0.1, 0.15) is 16.1 Å². The number of aromatic nitrogens is 2. The number of carbonyl (C=O) groups excluding carboxylic acids is 1. The Hall–Kier alpha value is -4.14. The molecule has 134 valence electrons. The average molecular weight is 363 g/mol. The molecule has 3 aromatic rings. The number of H-pyrrole nitrogens is 1. The van der Waals surface area contributed by atoms with Gasteiger partial charge in [-0.3, -0.25) is 14.9 Å². The fourth-order valence-electron chi connectivity index (χ4n) is 2.28. The first-order valence-electron chi connectivity index (χ1n) is 7.77. The molecule has 2 N–H and O–H groups in total. The molecule has 9 heteroatoms. The molecule has 3 rings (SSSR count). The van der Waals surface area contributed by atoms with E-state index in [4.69, 9.17) is 0 Å². The van der Waals surface area contributed by atoms with Gasteiger partial charge in [0.15, 0.2) is 0 Å². The molecule has 0 bridgehead atoms. The Kier molecular flexibility index (Phi) is 5.12. The van der Waals surface area contributed by atoms with Crippen LogP contribution in [-0.4, -0.2) is 27.0 Å². The highest BCUT2D eigenvalue weighted by Gasteiger charge is 2.10. The highest BCUT2D eigenvalue weighted by Crippen LogP contribution is 2.15. The lowest BCUT2D eigenvalue weighted by Gasteiger charge is -2.03. The Labute approximate surface area is 152 Å². The Bertz CT molecular complexity index is 1080. The smallest absolute Gasteiger partial charge is 0.301 e. The number of aromatic amines is 1. The first kappa shape index (κ1) is 17.7. The number of rotatable bonds is 5. The number of hydrazone groups is 1. The van der Waals surface area contributed by atoms with Crippen LogP contribution in [0.4, 0.5) is 5.69 Å². The van der Waals surface area contributed by atoms with E-state index >= 15 is 0 Å². The van der Waals surface area contributed by atoms with Gasteiger partial charge in [-0.2, -0.15) is 10.1 Å². The number of nitro benzene ring substituents is 1. The van der Waals surface area contributed by atoms with Gasteiger partial charge >= 0.3 is 5.69 Å². The summed E-state index contributed by atoms with van der Waals surface area (Å²) in [6.45, 7) is 0. The molecule has 0 aliphatic carbocycles. The summed E-state index contributed by atoms with van der Waals surface area (Å²) in [7, 11) is 0. The molecule has 1 heterocycles. The third kappa shape index (κ3) is 4.48. The molecular formula is C18H13N5O4. The van der Waals surface area contributed by atoms with Crippen molar-refractivity contribution in [3.8, 4) is 11.3 Å². The number of hydrogen-bond acceptors (Lipinski definition) is 6. The first-order valence-corrected chi connectivity index (χ1v) is 7.77. The molecule has 0 unspecified atom stereocenters. The van der Waals surface area contributed by atoms with E-state index in [1.807, 2.05) is 6.07 Å². The fraction of sp³-hybridized carbons (Fsp3) is 0. The van der Waals surface area contributed by atoms with E-state index in [9.17, 15) is 19.7 Å². The number of nitrogens with zero attached hydrogens (tertiary/aromatic N) is 3. The molecule has 0 saturated carbocycles. The van der Waals surface area contributed by atoms with E-state index in [1.165, 1.54) is 30.5 Å². The fourth-order valence-corrected chi connectivity index (χ4v) is 2.28. The summed E-state index contributed by atoms with van der Waals surface area (Å²) in [6.07, 6.45) is 1.27. The third-order valence-corrected chi connectivity index (χ3v) is 3.52. The predicted molar refractivity (Wildman–Crippen MR) is 98.5 cm³/mol. The SMILES string of the molecule is O=C(N/N=C/c1cccc([N+](=O)[O-])c1)c1cc(-c2ccccc2)nc(=O)[nH]1. The second-order valence-corrected chi connectivity index (χ2v) is 5.40. The normalized spacial score (nSPS) is 10.7. The van der Waals surface area contributed by atoms with Crippen molar-refractivity contribution in [1.82, 2.24) is 15.4 Å². The maximum atomic E-state index is 12.2. The maximum Gasteiger partial charge on any atom is 0.346 e. The average Bonchev–Trinajstić information content (AvgIpc) is 2.68. The Morgan fingerprint density at radius 1 is 1.15 bits per heavy atom. The molecule has 0 aliphatic rings. The molecule has 0 radical (unpaired) electrons. The van der Waals surface area contributed by atoms with E-state index in [2.05, 4.69) is 20.5 Å². The van der Waals surface area contributed by atoms with Crippen LogP contribution in [0.5, 0.6) is 0 Å². The van der Waals surface area contributed by atoms with E-state index in [0.29, 0.717) is 16.8 Å². The molecule has 0 saturated heterocycles. The van der Waals surface area contributed by atoms with Gasteiger partial charge in [0, 0.05) is 23.3 Å². The summed E-state index contributed by atoms with van der Waals surface area (Å²) in [6, 6.07) is 16.2. The highest BCUT2D eigenvalue weighted by atomic mass is 16.6. The van der Waals surface area contributed by atoms with Gasteiger partial charge in [0.1, 0.15) is 5.69 Å². The van der Waals surface area contributed by atoms with Crippen LogP contribution in [0, 0.1) is 10.1 Å². The van der Waals surface area contributed by atoms with Crippen molar-refractivity contribution in [2.75, 3.05) is 0 Å². The summed E-state index contributed by atoms with van der Waals surface area (Å²) in [5.74, 6) is -0.645. The van der Waals surface area contributed by atoms with Crippen molar-refractivity contribution in [2.24, 2.45) is 5.10 Å². The minimum atomic E-state index is -0.663. The monoisotopic (exact) mass is 363 g/mol. The quantitative estimate of drug-likeness (QED) is 0.407. The number of carbonyl (C=O) groups is 1. The molecule has 0 aliphatic heterocycles. The molecule has 0 fully saturated rings. The zero-order chi connectivity index (χ0) is 19.2.